The molecule has 5 nitrogen and oxygen atoms in total. The first kappa shape index (κ1) is 15.6. The van der Waals surface area contributed by atoms with Crippen molar-refractivity contribution in [3.63, 3.8) is 0 Å². The Morgan fingerprint density at radius 2 is 1.70 bits per heavy atom. The fourth-order valence-corrected chi connectivity index (χ4v) is 4.78. The van der Waals surface area contributed by atoms with E-state index in [0.29, 0.717) is 0 Å². The highest BCUT2D eigenvalue weighted by molar-refractivity contribution is 5.21. The zero-order valence-corrected chi connectivity index (χ0v) is 14.5. The minimum Gasteiger partial charge on any atom is -0.381 e. The third-order valence-corrected chi connectivity index (χ3v) is 6.18. The maximum atomic E-state index is 5.51. The van der Waals surface area contributed by atoms with Crippen molar-refractivity contribution in [2.45, 2.75) is 58.2 Å². The average Bonchev–Trinajstić information content (AvgIpc) is 3.22. The van der Waals surface area contributed by atoms with Gasteiger partial charge in [0.05, 0.1) is 5.69 Å². The van der Waals surface area contributed by atoms with E-state index in [-0.39, 0.29) is 0 Å². The summed E-state index contributed by atoms with van der Waals surface area (Å²) in [6.07, 6.45) is 5.13. The molecule has 4 rings (SSSR count). The number of ether oxygens (including phenoxy) is 1. The first-order valence-electron chi connectivity index (χ1n) is 9.20. The van der Waals surface area contributed by atoms with E-state index in [9.17, 15) is 0 Å². The Morgan fingerprint density at radius 3 is 2.39 bits per heavy atom. The van der Waals surface area contributed by atoms with Crippen LogP contribution in [0.3, 0.4) is 0 Å². The van der Waals surface area contributed by atoms with Gasteiger partial charge in [-0.2, -0.15) is 0 Å². The fourth-order valence-electron chi connectivity index (χ4n) is 4.78. The van der Waals surface area contributed by atoms with Crippen LogP contribution in [0.25, 0.3) is 0 Å². The molecule has 0 bridgehead atoms. The highest BCUT2D eigenvalue weighted by Crippen LogP contribution is 2.34. The number of aryl methyl sites for hydroxylation is 2. The molecule has 0 unspecified atom stereocenters. The van der Waals surface area contributed by atoms with E-state index < -0.39 is 0 Å². The number of fused-ring (bicyclic) bond motifs is 1. The molecule has 3 saturated heterocycles. The van der Waals surface area contributed by atoms with Gasteiger partial charge >= 0.3 is 0 Å². The standard InChI is InChI=1S/C18H29N3O2/c1-13-16(14(2)23-19-13)12-21-8-4-17-18(21)3-7-20(17)11-15-5-9-22-10-6-15/h15,17-18H,3-12H2,1-2H3/t17-,18+/m0/s1. The van der Waals surface area contributed by atoms with E-state index in [1.165, 1.54) is 50.9 Å². The summed E-state index contributed by atoms with van der Waals surface area (Å²) < 4.78 is 10.8. The van der Waals surface area contributed by atoms with E-state index in [4.69, 9.17) is 9.26 Å². The Morgan fingerprint density at radius 1 is 1.00 bits per heavy atom. The SMILES string of the molecule is Cc1noc(C)c1CN1CC[C@H]2[C@H]1CCN2CC1CCOCC1. The molecular formula is C18H29N3O2. The summed E-state index contributed by atoms with van der Waals surface area (Å²) in [7, 11) is 0. The molecule has 1 aromatic heterocycles. The Bertz CT molecular complexity index is 519. The molecule has 0 spiro atoms. The highest BCUT2D eigenvalue weighted by atomic mass is 16.5. The summed E-state index contributed by atoms with van der Waals surface area (Å²) in [6.45, 7) is 10.8. The van der Waals surface area contributed by atoms with Crippen LogP contribution in [0.4, 0.5) is 0 Å². The normalized spacial score (nSPS) is 30.2. The van der Waals surface area contributed by atoms with Gasteiger partial charge in [-0.25, -0.2) is 0 Å². The molecule has 128 valence electrons. The van der Waals surface area contributed by atoms with Crippen LogP contribution in [0.2, 0.25) is 0 Å². The van der Waals surface area contributed by atoms with Crippen LogP contribution in [0, 0.1) is 19.8 Å². The third kappa shape index (κ3) is 3.06. The largest absolute Gasteiger partial charge is 0.381 e. The van der Waals surface area contributed by atoms with Crippen molar-refractivity contribution in [1.82, 2.24) is 15.0 Å². The molecule has 23 heavy (non-hydrogen) atoms. The molecule has 0 aliphatic carbocycles. The van der Waals surface area contributed by atoms with Gasteiger partial charge in [0.15, 0.2) is 0 Å². The predicted molar refractivity (Wildman–Crippen MR) is 88.3 cm³/mol. The minimum absolute atomic E-state index is 0.726. The molecule has 3 fully saturated rings. The van der Waals surface area contributed by atoms with Crippen LogP contribution in [-0.4, -0.2) is 59.9 Å². The lowest BCUT2D eigenvalue weighted by Crippen LogP contribution is -2.39. The zero-order valence-electron chi connectivity index (χ0n) is 14.5. The number of hydrogen-bond acceptors (Lipinski definition) is 5. The first-order chi connectivity index (χ1) is 11.2. The molecule has 0 saturated carbocycles. The van der Waals surface area contributed by atoms with Crippen LogP contribution >= 0.6 is 0 Å². The number of likely N-dealkylation sites (tertiary alicyclic amines) is 2. The summed E-state index contributed by atoms with van der Waals surface area (Å²) in [5.74, 6) is 1.84. The van der Waals surface area contributed by atoms with E-state index in [0.717, 1.165) is 49.2 Å². The number of hydrogen-bond donors (Lipinski definition) is 0. The van der Waals surface area contributed by atoms with Crippen molar-refractivity contribution >= 4 is 0 Å². The lowest BCUT2D eigenvalue weighted by Gasteiger charge is -2.30. The minimum atomic E-state index is 0.726. The van der Waals surface area contributed by atoms with Gasteiger partial charge in [0.25, 0.3) is 0 Å². The smallest absolute Gasteiger partial charge is 0.138 e. The molecule has 3 aliphatic rings. The monoisotopic (exact) mass is 319 g/mol. The predicted octanol–water partition coefficient (Wildman–Crippen LogP) is 2.37. The maximum Gasteiger partial charge on any atom is 0.138 e. The number of nitrogens with zero attached hydrogens (tertiary/aromatic N) is 3. The van der Waals surface area contributed by atoms with Crippen molar-refractivity contribution in [2.75, 3.05) is 32.8 Å². The highest BCUT2D eigenvalue weighted by Gasteiger charge is 2.43. The second-order valence-corrected chi connectivity index (χ2v) is 7.54. The summed E-state index contributed by atoms with van der Waals surface area (Å²) in [4.78, 5) is 5.44. The molecule has 3 aliphatic heterocycles. The van der Waals surface area contributed by atoms with Crippen molar-refractivity contribution in [3.8, 4) is 0 Å². The zero-order chi connectivity index (χ0) is 15.8. The van der Waals surface area contributed by atoms with Crippen LogP contribution in [0.5, 0.6) is 0 Å². The Balaban J connectivity index is 1.37. The van der Waals surface area contributed by atoms with Gasteiger partial charge < -0.3 is 9.26 Å². The van der Waals surface area contributed by atoms with Gasteiger partial charge in [0.2, 0.25) is 0 Å². The molecule has 4 heterocycles. The Hall–Kier alpha value is -0.910. The molecule has 0 amide bonds. The average molecular weight is 319 g/mol. The van der Waals surface area contributed by atoms with Crippen LogP contribution in [-0.2, 0) is 11.3 Å². The Labute approximate surface area is 138 Å². The second-order valence-electron chi connectivity index (χ2n) is 7.54. The van der Waals surface area contributed by atoms with Gasteiger partial charge in [-0.1, -0.05) is 5.16 Å². The summed E-state index contributed by atoms with van der Waals surface area (Å²) in [5, 5.41) is 4.11. The van der Waals surface area contributed by atoms with Crippen LogP contribution in [0.1, 0.15) is 42.7 Å². The summed E-state index contributed by atoms with van der Waals surface area (Å²) >= 11 is 0. The summed E-state index contributed by atoms with van der Waals surface area (Å²) in [5.41, 5.74) is 2.36. The van der Waals surface area contributed by atoms with E-state index >= 15 is 0 Å². The van der Waals surface area contributed by atoms with Gasteiger partial charge in [-0.15, -0.1) is 0 Å². The molecule has 5 heteroatoms. The van der Waals surface area contributed by atoms with Crippen LogP contribution in [0.15, 0.2) is 4.52 Å². The van der Waals surface area contributed by atoms with Gasteiger partial charge in [-0.3, -0.25) is 9.80 Å². The van der Waals surface area contributed by atoms with Gasteiger partial charge in [-0.05, 0) is 45.4 Å². The van der Waals surface area contributed by atoms with Crippen molar-refractivity contribution in [2.24, 2.45) is 5.92 Å². The topological polar surface area (TPSA) is 41.7 Å². The van der Waals surface area contributed by atoms with Crippen molar-refractivity contribution < 1.29 is 9.26 Å². The summed E-state index contributed by atoms with van der Waals surface area (Å²) in [6, 6.07) is 1.49. The molecular weight excluding hydrogens is 290 g/mol. The quantitative estimate of drug-likeness (QED) is 0.852. The maximum absolute atomic E-state index is 5.51. The van der Waals surface area contributed by atoms with E-state index in [1.54, 1.807) is 0 Å². The van der Waals surface area contributed by atoms with Gasteiger partial charge in [0.1, 0.15) is 5.76 Å². The Kier molecular flexibility index (Phi) is 4.43. The number of rotatable bonds is 4. The van der Waals surface area contributed by atoms with Gasteiger partial charge in [0, 0.05) is 57.0 Å². The third-order valence-electron chi connectivity index (χ3n) is 6.18. The molecule has 2 atom stereocenters. The van der Waals surface area contributed by atoms with Crippen LogP contribution < -0.4 is 0 Å². The molecule has 0 N–H and O–H groups in total. The first-order valence-corrected chi connectivity index (χ1v) is 9.20. The lowest BCUT2D eigenvalue weighted by atomic mass is 9.99. The fraction of sp³-hybridized carbons (Fsp3) is 0.833. The lowest BCUT2D eigenvalue weighted by molar-refractivity contribution is 0.0504. The molecule has 1 aromatic rings. The molecule has 0 aromatic carbocycles. The number of aromatic nitrogens is 1. The van der Waals surface area contributed by atoms with E-state index in [1.807, 2.05) is 6.92 Å². The van der Waals surface area contributed by atoms with E-state index in [2.05, 4.69) is 21.9 Å². The second kappa shape index (κ2) is 6.54. The van der Waals surface area contributed by atoms with Crippen molar-refractivity contribution in [1.29, 1.82) is 0 Å². The van der Waals surface area contributed by atoms with Crippen molar-refractivity contribution in [3.05, 3.63) is 17.0 Å². The molecule has 0 radical (unpaired) electrons.